The normalized spacial score (nSPS) is 11.1. The van der Waals surface area contributed by atoms with Crippen LogP contribution in [-0.4, -0.2) is 30.2 Å². The molecule has 0 aliphatic heterocycles. The number of hydrogen-bond donors (Lipinski definition) is 1. The van der Waals surface area contributed by atoms with Gasteiger partial charge in [0.15, 0.2) is 0 Å². The van der Waals surface area contributed by atoms with Crippen LogP contribution in [0.3, 0.4) is 0 Å². The van der Waals surface area contributed by atoms with Gasteiger partial charge in [-0.1, -0.05) is 26.8 Å². The largest absolute Gasteiger partial charge is 0.497 e. The number of methoxy groups -OCH3 is 2. The second-order valence-corrected chi connectivity index (χ2v) is 6.90. The maximum Gasteiger partial charge on any atom is 0.355 e. The molecule has 0 saturated heterocycles. The molecule has 0 spiro atoms. The van der Waals surface area contributed by atoms with Crippen molar-refractivity contribution in [1.29, 1.82) is 0 Å². The van der Waals surface area contributed by atoms with Gasteiger partial charge in [0, 0.05) is 34.5 Å². The van der Waals surface area contributed by atoms with Crippen molar-refractivity contribution < 1.29 is 19.0 Å². The average molecular weight is 382 g/mol. The molecule has 0 bridgehead atoms. The van der Waals surface area contributed by atoms with Crippen molar-refractivity contribution in [2.75, 3.05) is 14.2 Å². The molecule has 6 nitrogen and oxygen atoms in total. The molecule has 0 fully saturated rings. The molecular formula is C22H26N2O4. The zero-order chi connectivity index (χ0) is 20.3. The van der Waals surface area contributed by atoms with Gasteiger partial charge in [0.1, 0.15) is 23.8 Å². The van der Waals surface area contributed by atoms with E-state index >= 15 is 0 Å². The monoisotopic (exact) mass is 382 g/mol. The number of nitrogens with zero attached hydrogens (tertiary/aromatic N) is 1. The molecular weight excluding hydrogens is 356 g/mol. The van der Waals surface area contributed by atoms with Crippen LogP contribution in [0.1, 0.15) is 54.1 Å². The van der Waals surface area contributed by atoms with Crippen molar-refractivity contribution in [1.82, 2.24) is 9.97 Å². The quantitative estimate of drug-likeness (QED) is 0.604. The smallest absolute Gasteiger partial charge is 0.355 e. The molecule has 0 atom stereocenters. The molecule has 28 heavy (non-hydrogen) atoms. The molecule has 2 aromatic heterocycles. The number of carbonyl (C=O) groups is 1. The lowest BCUT2D eigenvalue weighted by atomic mass is 10.1. The van der Waals surface area contributed by atoms with Crippen LogP contribution in [-0.2, 0) is 17.8 Å². The van der Waals surface area contributed by atoms with Gasteiger partial charge in [-0.15, -0.1) is 0 Å². The Hall–Kier alpha value is -3.02. The second-order valence-electron chi connectivity index (χ2n) is 6.90. The topological polar surface area (TPSA) is 73.4 Å². The van der Waals surface area contributed by atoms with Gasteiger partial charge in [-0.2, -0.15) is 0 Å². The fourth-order valence-corrected chi connectivity index (χ4v) is 3.10. The van der Waals surface area contributed by atoms with E-state index in [-0.39, 0.29) is 6.61 Å². The second kappa shape index (κ2) is 8.33. The first kappa shape index (κ1) is 19.7. The van der Waals surface area contributed by atoms with Crippen molar-refractivity contribution in [2.24, 2.45) is 0 Å². The van der Waals surface area contributed by atoms with Gasteiger partial charge in [0.2, 0.25) is 0 Å². The summed E-state index contributed by atoms with van der Waals surface area (Å²) >= 11 is 0. The van der Waals surface area contributed by atoms with Crippen LogP contribution in [0.2, 0.25) is 0 Å². The van der Waals surface area contributed by atoms with Crippen LogP contribution in [0.4, 0.5) is 0 Å². The highest BCUT2D eigenvalue weighted by molar-refractivity contribution is 5.97. The zero-order valence-corrected chi connectivity index (χ0v) is 17.0. The molecule has 6 heteroatoms. The Labute approximate surface area is 164 Å². The minimum Gasteiger partial charge on any atom is -0.497 e. The summed E-state index contributed by atoms with van der Waals surface area (Å²) in [5.74, 6) is 1.22. The molecule has 3 rings (SSSR count). The van der Waals surface area contributed by atoms with E-state index in [9.17, 15) is 4.79 Å². The number of H-pyrrole nitrogens is 1. The Morgan fingerprint density at radius 1 is 1.14 bits per heavy atom. The highest BCUT2D eigenvalue weighted by Crippen LogP contribution is 2.31. The van der Waals surface area contributed by atoms with E-state index in [0.717, 1.165) is 34.3 Å². The molecule has 0 aliphatic rings. The minimum atomic E-state index is -0.424. The third kappa shape index (κ3) is 3.96. The number of aromatic nitrogens is 2. The first-order valence-corrected chi connectivity index (χ1v) is 9.37. The van der Waals surface area contributed by atoms with Crippen molar-refractivity contribution in [3.63, 3.8) is 0 Å². The average Bonchev–Trinajstić information content (AvgIpc) is 3.15. The van der Waals surface area contributed by atoms with Gasteiger partial charge in [0.05, 0.1) is 19.7 Å². The number of pyridine rings is 1. The Balaban J connectivity index is 1.80. The highest BCUT2D eigenvalue weighted by Gasteiger charge is 2.16. The number of fused-ring (bicyclic) bond motifs is 1. The summed E-state index contributed by atoms with van der Waals surface area (Å²) in [4.78, 5) is 20.3. The number of aromatic amines is 1. The molecule has 0 radical (unpaired) electrons. The number of carbonyl (C=O) groups excluding carboxylic acids is 1. The van der Waals surface area contributed by atoms with Crippen LogP contribution < -0.4 is 9.47 Å². The molecule has 1 aromatic carbocycles. The summed E-state index contributed by atoms with van der Waals surface area (Å²) in [5.41, 5.74) is 4.05. The van der Waals surface area contributed by atoms with Gasteiger partial charge in [0.25, 0.3) is 0 Å². The summed E-state index contributed by atoms with van der Waals surface area (Å²) in [6.45, 7) is 6.46. The highest BCUT2D eigenvalue weighted by atomic mass is 16.5. The number of ether oxygens (including phenoxy) is 3. The van der Waals surface area contributed by atoms with Gasteiger partial charge in [-0.05, 0) is 24.5 Å². The predicted molar refractivity (Wildman–Crippen MR) is 108 cm³/mol. The molecule has 0 amide bonds. The minimum absolute atomic E-state index is 0.184. The molecule has 0 saturated carbocycles. The van der Waals surface area contributed by atoms with Gasteiger partial charge in [-0.3, -0.25) is 4.98 Å². The number of benzene rings is 1. The summed E-state index contributed by atoms with van der Waals surface area (Å²) in [5, 5.41) is 0.799. The van der Waals surface area contributed by atoms with E-state index in [2.05, 4.69) is 30.7 Å². The SMILES string of the molecule is CCc1nc(C(C)C)ccc1COC(=O)c1cc2c(OC)cc(OC)cc2[nH]1. The number of aryl methyl sites for hydroxylation is 1. The van der Waals surface area contributed by atoms with E-state index in [4.69, 9.17) is 14.2 Å². The van der Waals surface area contributed by atoms with E-state index in [1.165, 1.54) is 0 Å². The van der Waals surface area contributed by atoms with Crippen LogP contribution in [0, 0.1) is 0 Å². The molecule has 0 unspecified atom stereocenters. The van der Waals surface area contributed by atoms with E-state index < -0.39 is 5.97 Å². The first-order valence-electron chi connectivity index (χ1n) is 9.37. The Kier molecular flexibility index (Phi) is 5.87. The Bertz CT molecular complexity index is 992. The zero-order valence-electron chi connectivity index (χ0n) is 17.0. The van der Waals surface area contributed by atoms with Crippen LogP contribution in [0.15, 0.2) is 30.3 Å². The van der Waals surface area contributed by atoms with Crippen molar-refractivity contribution >= 4 is 16.9 Å². The van der Waals surface area contributed by atoms with Crippen molar-refractivity contribution in [3.8, 4) is 11.5 Å². The number of rotatable bonds is 7. The van der Waals surface area contributed by atoms with E-state index in [1.807, 2.05) is 18.2 Å². The lowest BCUT2D eigenvalue weighted by Crippen LogP contribution is -2.08. The molecule has 2 heterocycles. The Morgan fingerprint density at radius 3 is 2.57 bits per heavy atom. The van der Waals surface area contributed by atoms with Crippen LogP contribution in [0.5, 0.6) is 11.5 Å². The van der Waals surface area contributed by atoms with Gasteiger partial charge < -0.3 is 19.2 Å². The third-order valence-electron chi connectivity index (χ3n) is 4.72. The van der Waals surface area contributed by atoms with Crippen LogP contribution in [0.25, 0.3) is 10.9 Å². The van der Waals surface area contributed by atoms with Crippen molar-refractivity contribution in [2.45, 2.75) is 39.7 Å². The maximum atomic E-state index is 12.6. The summed E-state index contributed by atoms with van der Waals surface area (Å²) in [6, 6.07) is 9.32. The number of hydrogen-bond acceptors (Lipinski definition) is 5. The van der Waals surface area contributed by atoms with E-state index in [1.54, 1.807) is 26.4 Å². The van der Waals surface area contributed by atoms with Crippen LogP contribution >= 0.6 is 0 Å². The maximum absolute atomic E-state index is 12.6. The van der Waals surface area contributed by atoms with Gasteiger partial charge in [-0.25, -0.2) is 4.79 Å². The number of esters is 1. The standard InChI is InChI=1S/C22H26N2O4/c1-6-17-14(7-8-18(23-17)13(2)3)12-28-22(25)20-11-16-19(24-20)9-15(26-4)10-21(16)27-5/h7-11,13,24H,6,12H2,1-5H3. The summed E-state index contributed by atoms with van der Waals surface area (Å²) < 4.78 is 16.2. The number of nitrogens with one attached hydrogen (secondary N) is 1. The van der Waals surface area contributed by atoms with Gasteiger partial charge >= 0.3 is 5.97 Å². The fourth-order valence-electron chi connectivity index (χ4n) is 3.10. The molecule has 3 aromatic rings. The Morgan fingerprint density at radius 2 is 1.93 bits per heavy atom. The fraction of sp³-hybridized carbons (Fsp3) is 0.364. The summed E-state index contributed by atoms with van der Waals surface area (Å²) in [6.07, 6.45) is 0.789. The lowest BCUT2D eigenvalue weighted by Gasteiger charge is -2.11. The first-order chi connectivity index (χ1) is 13.5. The summed E-state index contributed by atoms with van der Waals surface area (Å²) in [7, 11) is 3.17. The lowest BCUT2D eigenvalue weighted by molar-refractivity contribution is 0.0465. The van der Waals surface area contributed by atoms with E-state index in [0.29, 0.717) is 23.1 Å². The molecule has 1 N–H and O–H groups in total. The molecule has 148 valence electrons. The predicted octanol–water partition coefficient (Wildman–Crippen LogP) is 4.62. The third-order valence-corrected chi connectivity index (χ3v) is 4.72. The van der Waals surface area contributed by atoms with Crippen molar-refractivity contribution in [3.05, 3.63) is 53.0 Å². The molecule has 0 aliphatic carbocycles.